The van der Waals surface area contributed by atoms with E-state index in [1.54, 1.807) is 29.9 Å². The molecule has 0 radical (unpaired) electrons. The second-order valence-electron chi connectivity index (χ2n) is 6.83. The molecule has 1 N–H and O–H groups in total. The number of aromatic nitrogens is 2. The predicted molar refractivity (Wildman–Crippen MR) is 124 cm³/mol. The molecule has 0 aliphatic rings. The van der Waals surface area contributed by atoms with Gasteiger partial charge in [0.1, 0.15) is 5.75 Å². The number of para-hydroxylation sites is 3. The zero-order chi connectivity index (χ0) is 21.6. The van der Waals surface area contributed by atoms with Crippen LogP contribution in [0.15, 0.2) is 88.8 Å². The van der Waals surface area contributed by atoms with E-state index in [2.05, 4.69) is 10.3 Å². The van der Waals surface area contributed by atoms with Crippen molar-refractivity contribution in [2.45, 2.75) is 11.7 Å². The molecule has 0 saturated heterocycles. The number of anilines is 1. The van der Waals surface area contributed by atoms with Crippen LogP contribution < -0.4 is 15.6 Å². The highest BCUT2D eigenvalue weighted by Crippen LogP contribution is 2.24. The van der Waals surface area contributed by atoms with Crippen LogP contribution in [0, 0.1) is 0 Å². The van der Waals surface area contributed by atoms with Crippen molar-refractivity contribution >= 4 is 34.3 Å². The third-order valence-corrected chi connectivity index (χ3v) is 5.70. The number of carbonyl (C=O) groups is 1. The number of fused-ring (bicyclic) bond motifs is 1. The van der Waals surface area contributed by atoms with E-state index < -0.39 is 0 Å². The van der Waals surface area contributed by atoms with Crippen LogP contribution in [0.5, 0.6) is 5.75 Å². The maximum Gasteiger partial charge on any atom is 0.262 e. The summed E-state index contributed by atoms with van der Waals surface area (Å²) in [7, 11) is 1.56. The van der Waals surface area contributed by atoms with Crippen LogP contribution in [-0.4, -0.2) is 28.3 Å². The number of carbonyl (C=O) groups excluding carboxylic acids is 1. The first kappa shape index (κ1) is 20.7. The minimum absolute atomic E-state index is 0.109. The average Bonchev–Trinajstić information content (AvgIpc) is 2.81. The van der Waals surface area contributed by atoms with Crippen LogP contribution in [0.2, 0.25) is 0 Å². The molecule has 0 bridgehead atoms. The van der Waals surface area contributed by atoms with Crippen molar-refractivity contribution in [2.75, 3.05) is 18.2 Å². The summed E-state index contributed by atoms with van der Waals surface area (Å²) in [4.78, 5) is 30.4. The number of rotatable bonds is 7. The summed E-state index contributed by atoms with van der Waals surface area (Å²) in [6.45, 7) is 0.383. The first-order valence-corrected chi connectivity index (χ1v) is 10.7. The van der Waals surface area contributed by atoms with Gasteiger partial charge in [-0.15, -0.1) is 0 Å². The van der Waals surface area contributed by atoms with Crippen LogP contribution in [0.25, 0.3) is 10.9 Å². The number of hydrogen-bond donors (Lipinski definition) is 1. The summed E-state index contributed by atoms with van der Waals surface area (Å²) in [5.41, 5.74) is 2.08. The van der Waals surface area contributed by atoms with Gasteiger partial charge in [0, 0.05) is 0 Å². The molecule has 3 aromatic carbocycles. The minimum Gasteiger partial charge on any atom is -0.495 e. The van der Waals surface area contributed by atoms with E-state index in [9.17, 15) is 9.59 Å². The summed E-state index contributed by atoms with van der Waals surface area (Å²) in [6, 6.07) is 24.2. The van der Waals surface area contributed by atoms with Gasteiger partial charge in [0.15, 0.2) is 5.16 Å². The highest BCUT2D eigenvalue weighted by molar-refractivity contribution is 7.99. The quantitative estimate of drug-likeness (QED) is 0.351. The SMILES string of the molecule is COc1ccccc1NC(=O)CSc1nc2ccccc2c(=O)n1Cc1ccccc1. The van der Waals surface area contributed by atoms with Crippen molar-refractivity contribution < 1.29 is 9.53 Å². The number of thioether (sulfide) groups is 1. The number of methoxy groups -OCH3 is 1. The largest absolute Gasteiger partial charge is 0.495 e. The van der Waals surface area contributed by atoms with E-state index in [1.165, 1.54) is 11.8 Å². The molecule has 0 aliphatic heterocycles. The van der Waals surface area contributed by atoms with Gasteiger partial charge < -0.3 is 10.1 Å². The Kier molecular flexibility index (Phi) is 6.33. The molecular formula is C24H21N3O3S. The van der Waals surface area contributed by atoms with Crippen molar-refractivity contribution in [3.8, 4) is 5.75 Å². The molecule has 0 aliphatic carbocycles. The van der Waals surface area contributed by atoms with Gasteiger partial charge in [0.25, 0.3) is 5.56 Å². The summed E-state index contributed by atoms with van der Waals surface area (Å²) >= 11 is 1.24. The van der Waals surface area contributed by atoms with Gasteiger partial charge in [-0.1, -0.05) is 66.4 Å². The second kappa shape index (κ2) is 9.49. The normalized spacial score (nSPS) is 10.7. The van der Waals surface area contributed by atoms with Crippen molar-refractivity contribution in [2.24, 2.45) is 0 Å². The Balaban J connectivity index is 1.60. The molecule has 4 aromatic rings. The monoisotopic (exact) mass is 431 g/mol. The smallest absolute Gasteiger partial charge is 0.262 e. The number of benzene rings is 3. The molecule has 0 unspecified atom stereocenters. The molecule has 1 amide bonds. The number of amides is 1. The number of nitrogens with one attached hydrogen (secondary N) is 1. The van der Waals surface area contributed by atoms with E-state index in [0.717, 1.165) is 5.56 Å². The topological polar surface area (TPSA) is 73.2 Å². The minimum atomic E-state index is -0.205. The van der Waals surface area contributed by atoms with Gasteiger partial charge in [0.05, 0.1) is 36.0 Å². The molecule has 0 spiro atoms. The predicted octanol–water partition coefficient (Wildman–Crippen LogP) is 4.18. The Hall–Kier alpha value is -3.58. The lowest BCUT2D eigenvalue weighted by molar-refractivity contribution is -0.113. The van der Waals surface area contributed by atoms with Crippen molar-refractivity contribution in [3.63, 3.8) is 0 Å². The van der Waals surface area contributed by atoms with Crippen molar-refractivity contribution in [3.05, 3.63) is 94.8 Å². The fourth-order valence-corrected chi connectivity index (χ4v) is 4.03. The highest BCUT2D eigenvalue weighted by atomic mass is 32.2. The van der Waals surface area contributed by atoms with Crippen molar-refractivity contribution in [1.29, 1.82) is 0 Å². The van der Waals surface area contributed by atoms with Gasteiger partial charge in [0.2, 0.25) is 5.91 Å². The summed E-state index contributed by atoms with van der Waals surface area (Å²) < 4.78 is 6.90. The lowest BCUT2D eigenvalue weighted by Crippen LogP contribution is -2.25. The number of hydrogen-bond acceptors (Lipinski definition) is 5. The fourth-order valence-electron chi connectivity index (χ4n) is 3.23. The average molecular weight is 432 g/mol. The van der Waals surface area contributed by atoms with Crippen LogP contribution in [0.3, 0.4) is 0 Å². The second-order valence-corrected chi connectivity index (χ2v) is 7.77. The van der Waals surface area contributed by atoms with E-state index in [4.69, 9.17) is 4.74 Å². The van der Waals surface area contributed by atoms with Crippen LogP contribution in [-0.2, 0) is 11.3 Å². The Morgan fingerprint density at radius 2 is 1.71 bits per heavy atom. The molecule has 0 fully saturated rings. The molecule has 4 rings (SSSR count). The molecule has 0 atom stereocenters. The van der Waals surface area contributed by atoms with E-state index >= 15 is 0 Å². The first-order valence-electron chi connectivity index (χ1n) is 9.75. The zero-order valence-electron chi connectivity index (χ0n) is 16.9. The third kappa shape index (κ3) is 4.78. The maximum absolute atomic E-state index is 13.2. The molecule has 31 heavy (non-hydrogen) atoms. The van der Waals surface area contributed by atoms with E-state index in [-0.39, 0.29) is 17.2 Å². The van der Waals surface area contributed by atoms with Gasteiger partial charge in [-0.2, -0.15) is 0 Å². The Morgan fingerprint density at radius 1 is 1.00 bits per heavy atom. The van der Waals surface area contributed by atoms with Gasteiger partial charge in [-0.25, -0.2) is 4.98 Å². The van der Waals surface area contributed by atoms with Crippen molar-refractivity contribution in [1.82, 2.24) is 9.55 Å². The van der Waals surface area contributed by atoms with Gasteiger partial charge in [-0.3, -0.25) is 14.2 Å². The Bertz CT molecular complexity index is 1270. The highest BCUT2D eigenvalue weighted by Gasteiger charge is 2.14. The molecule has 156 valence electrons. The van der Waals surface area contributed by atoms with Crippen LogP contribution in [0.1, 0.15) is 5.56 Å². The summed E-state index contributed by atoms with van der Waals surface area (Å²) in [5.74, 6) is 0.492. The van der Waals surface area contributed by atoms with Crippen LogP contribution >= 0.6 is 11.8 Å². The van der Waals surface area contributed by atoms with Gasteiger partial charge in [-0.05, 0) is 29.8 Å². The van der Waals surface area contributed by atoms with E-state index in [1.807, 2.05) is 60.7 Å². The molecular weight excluding hydrogens is 410 g/mol. The third-order valence-electron chi connectivity index (χ3n) is 4.72. The molecule has 6 nitrogen and oxygen atoms in total. The Labute approximate surface area is 183 Å². The molecule has 7 heteroatoms. The number of nitrogens with zero attached hydrogens (tertiary/aromatic N) is 2. The van der Waals surface area contributed by atoms with E-state index in [0.29, 0.717) is 34.0 Å². The maximum atomic E-state index is 13.2. The van der Waals surface area contributed by atoms with Gasteiger partial charge >= 0.3 is 0 Å². The Morgan fingerprint density at radius 3 is 2.52 bits per heavy atom. The fraction of sp³-hybridized carbons (Fsp3) is 0.125. The summed E-state index contributed by atoms with van der Waals surface area (Å²) in [5, 5.41) is 3.91. The molecule has 1 aromatic heterocycles. The standard InChI is InChI=1S/C24H21N3O3S/c1-30-21-14-8-7-13-20(21)25-22(28)16-31-24-26-19-12-6-5-11-18(19)23(29)27(24)15-17-9-3-2-4-10-17/h2-14H,15-16H2,1H3,(H,25,28). The zero-order valence-corrected chi connectivity index (χ0v) is 17.8. The molecule has 1 heterocycles. The lowest BCUT2D eigenvalue weighted by atomic mass is 10.2. The number of ether oxygens (including phenoxy) is 1. The lowest BCUT2D eigenvalue weighted by Gasteiger charge is -2.14. The summed E-state index contributed by atoms with van der Waals surface area (Å²) in [6.07, 6.45) is 0. The first-order chi connectivity index (χ1) is 15.2. The van der Waals surface area contributed by atoms with Crippen LogP contribution in [0.4, 0.5) is 5.69 Å². The molecule has 0 saturated carbocycles.